The second-order valence-corrected chi connectivity index (χ2v) is 6.62. The van der Waals surface area contributed by atoms with E-state index in [1.54, 1.807) is 0 Å². The van der Waals surface area contributed by atoms with Crippen molar-refractivity contribution in [3.05, 3.63) is 29.8 Å². The number of nitrogens with one attached hydrogen (secondary N) is 2. The Kier molecular flexibility index (Phi) is 3.34. The Labute approximate surface area is 125 Å². The Hall–Kier alpha value is -1.55. The van der Waals surface area contributed by atoms with Crippen LogP contribution in [-0.2, 0) is 11.2 Å². The van der Waals surface area contributed by atoms with E-state index in [0.717, 1.165) is 31.5 Å². The molecule has 3 aliphatic heterocycles. The van der Waals surface area contributed by atoms with Crippen LogP contribution in [0.5, 0.6) is 0 Å². The molecule has 1 aromatic rings. The van der Waals surface area contributed by atoms with E-state index >= 15 is 0 Å². The molecule has 3 heterocycles. The summed E-state index contributed by atoms with van der Waals surface area (Å²) in [6.45, 7) is 2.40. The zero-order chi connectivity index (χ0) is 14.2. The van der Waals surface area contributed by atoms with Crippen LogP contribution in [0.2, 0.25) is 0 Å². The topological polar surface area (TPSA) is 44.4 Å². The summed E-state index contributed by atoms with van der Waals surface area (Å²) in [6.07, 6.45) is 5.67. The van der Waals surface area contributed by atoms with Crippen LogP contribution in [0.3, 0.4) is 0 Å². The van der Waals surface area contributed by atoms with Gasteiger partial charge in [-0.15, -0.1) is 0 Å². The van der Waals surface area contributed by atoms with Gasteiger partial charge in [0.2, 0.25) is 5.91 Å². The molecule has 1 aromatic carbocycles. The van der Waals surface area contributed by atoms with Gasteiger partial charge in [0.25, 0.3) is 0 Å². The van der Waals surface area contributed by atoms with Crippen LogP contribution < -0.4 is 10.6 Å². The third-order valence-electron chi connectivity index (χ3n) is 5.25. The lowest BCUT2D eigenvalue weighted by atomic mass is 9.97. The molecular formula is C17H23N3O. The maximum Gasteiger partial charge on any atom is 0.243 e. The number of amides is 1. The molecule has 4 heteroatoms. The Morgan fingerprint density at radius 1 is 1.24 bits per heavy atom. The highest BCUT2D eigenvalue weighted by molar-refractivity contribution is 5.87. The van der Waals surface area contributed by atoms with Crippen LogP contribution in [-0.4, -0.2) is 42.0 Å². The van der Waals surface area contributed by atoms with Gasteiger partial charge in [-0.1, -0.05) is 18.2 Å². The molecule has 0 aliphatic carbocycles. The van der Waals surface area contributed by atoms with E-state index < -0.39 is 0 Å². The second-order valence-electron chi connectivity index (χ2n) is 6.62. The molecule has 0 spiro atoms. The summed E-state index contributed by atoms with van der Waals surface area (Å²) >= 11 is 0. The summed E-state index contributed by atoms with van der Waals surface area (Å²) in [6, 6.07) is 9.19. The maximum absolute atomic E-state index is 12.5. The average molecular weight is 285 g/mol. The second kappa shape index (κ2) is 5.34. The Morgan fingerprint density at radius 2 is 2.14 bits per heavy atom. The Bertz CT molecular complexity index is 520. The Morgan fingerprint density at radius 3 is 3.05 bits per heavy atom. The third-order valence-corrected chi connectivity index (χ3v) is 5.25. The molecule has 0 saturated carbocycles. The standard InChI is InChI=1S/C17H23N3O/c21-17(16-10-12-4-1-2-6-15(12)19-16)18-13-7-9-20-8-3-5-14(20)11-13/h1-2,4,6,13-14,16,19H,3,5,7-11H2,(H,18,21)/t13?,14?,16-/m0/s1. The van der Waals surface area contributed by atoms with Crippen LogP contribution in [0.25, 0.3) is 0 Å². The quantitative estimate of drug-likeness (QED) is 0.870. The number of anilines is 1. The SMILES string of the molecule is O=C(NC1CCN2CCCC2C1)[C@@H]1Cc2ccccc2N1. The molecule has 112 valence electrons. The van der Waals surface area contributed by atoms with E-state index in [1.165, 1.54) is 24.9 Å². The predicted molar refractivity (Wildman–Crippen MR) is 83.3 cm³/mol. The first kappa shape index (κ1) is 13.1. The van der Waals surface area contributed by atoms with Crippen molar-refractivity contribution in [3.8, 4) is 0 Å². The van der Waals surface area contributed by atoms with Crippen LogP contribution >= 0.6 is 0 Å². The first-order chi connectivity index (χ1) is 10.3. The van der Waals surface area contributed by atoms with Gasteiger partial charge in [0.15, 0.2) is 0 Å². The lowest BCUT2D eigenvalue weighted by Crippen LogP contribution is -2.50. The number of para-hydroxylation sites is 1. The van der Waals surface area contributed by atoms with E-state index in [-0.39, 0.29) is 11.9 Å². The van der Waals surface area contributed by atoms with Gasteiger partial charge in [-0.2, -0.15) is 0 Å². The molecule has 0 aromatic heterocycles. The predicted octanol–water partition coefficient (Wildman–Crippen LogP) is 1.77. The fourth-order valence-electron chi connectivity index (χ4n) is 4.11. The van der Waals surface area contributed by atoms with Crippen molar-refractivity contribution < 1.29 is 4.79 Å². The molecule has 21 heavy (non-hydrogen) atoms. The minimum atomic E-state index is -0.0935. The number of nitrogens with zero attached hydrogens (tertiary/aromatic N) is 1. The summed E-state index contributed by atoms with van der Waals surface area (Å²) in [5, 5.41) is 6.63. The summed E-state index contributed by atoms with van der Waals surface area (Å²) < 4.78 is 0. The van der Waals surface area contributed by atoms with Gasteiger partial charge in [-0.25, -0.2) is 0 Å². The largest absolute Gasteiger partial charge is 0.373 e. The lowest BCUT2D eigenvalue weighted by Gasteiger charge is -2.35. The van der Waals surface area contributed by atoms with E-state index in [0.29, 0.717) is 12.1 Å². The normalized spacial score (nSPS) is 31.3. The number of piperidine rings is 1. The van der Waals surface area contributed by atoms with Crippen molar-refractivity contribution in [2.75, 3.05) is 18.4 Å². The number of carbonyl (C=O) groups excluding carboxylic acids is 1. The van der Waals surface area contributed by atoms with Gasteiger partial charge in [-0.3, -0.25) is 4.79 Å². The summed E-state index contributed by atoms with van der Waals surface area (Å²) in [5.41, 5.74) is 2.37. The minimum Gasteiger partial charge on any atom is -0.373 e. The van der Waals surface area contributed by atoms with Gasteiger partial charge in [0.1, 0.15) is 6.04 Å². The highest BCUT2D eigenvalue weighted by Crippen LogP contribution is 2.28. The molecule has 3 atom stereocenters. The highest BCUT2D eigenvalue weighted by Gasteiger charge is 2.34. The average Bonchev–Trinajstić information content (AvgIpc) is 3.13. The van der Waals surface area contributed by atoms with Gasteiger partial charge in [0, 0.05) is 30.7 Å². The van der Waals surface area contributed by atoms with E-state index in [1.807, 2.05) is 12.1 Å². The van der Waals surface area contributed by atoms with Gasteiger partial charge in [0.05, 0.1) is 0 Å². The fourth-order valence-corrected chi connectivity index (χ4v) is 4.11. The molecule has 4 rings (SSSR count). The minimum absolute atomic E-state index is 0.0935. The smallest absolute Gasteiger partial charge is 0.243 e. The van der Waals surface area contributed by atoms with Gasteiger partial charge >= 0.3 is 0 Å². The number of benzene rings is 1. The number of hydrogen-bond acceptors (Lipinski definition) is 3. The summed E-state index contributed by atoms with van der Waals surface area (Å²) in [5.74, 6) is 0.169. The molecule has 3 aliphatic rings. The van der Waals surface area contributed by atoms with Crippen molar-refractivity contribution in [3.63, 3.8) is 0 Å². The van der Waals surface area contributed by atoms with Crippen LogP contribution in [0, 0.1) is 0 Å². The Balaban J connectivity index is 1.35. The number of carbonyl (C=O) groups is 1. The molecule has 2 unspecified atom stereocenters. The first-order valence-electron chi connectivity index (χ1n) is 8.18. The van der Waals surface area contributed by atoms with Crippen LogP contribution in [0.15, 0.2) is 24.3 Å². The number of rotatable bonds is 2. The maximum atomic E-state index is 12.5. The van der Waals surface area contributed by atoms with Crippen molar-refractivity contribution in [2.45, 2.75) is 50.2 Å². The first-order valence-corrected chi connectivity index (χ1v) is 8.18. The monoisotopic (exact) mass is 285 g/mol. The van der Waals surface area contributed by atoms with E-state index in [9.17, 15) is 4.79 Å². The van der Waals surface area contributed by atoms with Crippen molar-refractivity contribution >= 4 is 11.6 Å². The van der Waals surface area contributed by atoms with E-state index in [4.69, 9.17) is 0 Å². The molecule has 4 nitrogen and oxygen atoms in total. The van der Waals surface area contributed by atoms with Crippen LogP contribution in [0.4, 0.5) is 5.69 Å². The van der Waals surface area contributed by atoms with Crippen molar-refractivity contribution in [1.82, 2.24) is 10.2 Å². The number of hydrogen-bond donors (Lipinski definition) is 2. The molecule has 2 N–H and O–H groups in total. The summed E-state index contributed by atoms with van der Waals surface area (Å²) in [7, 11) is 0. The van der Waals surface area contributed by atoms with Crippen molar-refractivity contribution in [1.29, 1.82) is 0 Å². The molecule has 2 fully saturated rings. The molecule has 0 bridgehead atoms. The van der Waals surface area contributed by atoms with E-state index in [2.05, 4.69) is 27.7 Å². The van der Waals surface area contributed by atoms with Gasteiger partial charge in [-0.05, 0) is 43.9 Å². The zero-order valence-electron chi connectivity index (χ0n) is 12.3. The van der Waals surface area contributed by atoms with Crippen LogP contribution in [0.1, 0.15) is 31.2 Å². The number of fused-ring (bicyclic) bond motifs is 2. The molecule has 2 saturated heterocycles. The fraction of sp³-hybridized carbons (Fsp3) is 0.588. The van der Waals surface area contributed by atoms with Crippen molar-refractivity contribution in [2.24, 2.45) is 0 Å². The zero-order valence-corrected chi connectivity index (χ0v) is 12.3. The summed E-state index contributed by atoms with van der Waals surface area (Å²) in [4.78, 5) is 15.1. The third kappa shape index (κ3) is 2.53. The lowest BCUT2D eigenvalue weighted by molar-refractivity contribution is -0.122. The molecule has 1 amide bonds. The molecular weight excluding hydrogens is 262 g/mol. The highest BCUT2D eigenvalue weighted by atomic mass is 16.2. The molecule has 0 radical (unpaired) electrons. The van der Waals surface area contributed by atoms with Gasteiger partial charge < -0.3 is 15.5 Å².